The molecular formula is C15H27NO. The van der Waals surface area contributed by atoms with Crippen molar-refractivity contribution in [1.82, 2.24) is 0 Å². The van der Waals surface area contributed by atoms with Gasteiger partial charge >= 0.3 is 0 Å². The van der Waals surface area contributed by atoms with Crippen molar-refractivity contribution in [2.75, 3.05) is 0 Å². The summed E-state index contributed by atoms with van der Waals surface area (Å²) in [5, 5.41) is 0. The van der Waals surface area contributed by atoms with Crippen LogP contribution in [0.5, 0.6) is 0 Å². The summed E-state index contributed by atoms with van der Waals surface area (Å²) < 4.78 is 5.54. The molecule has 2 N–H and O–H groups in total. The van der Waals surface area contributed by atoms with E-state index in [9.17, 15) is 0 Å². The van der Waals surface area contributed by atoms with Crippen molar-refractivity contribution in [3.63, 3.8) is 0 Å². The number of hydrogen-bond acceptors (Lipinski definition) is 2. The summed E-state index contributed by atoms with van der Waals surface area (Å²) in [4.78, 5) is 0. The lowest BCUT2D eigenvalue weighted by Crippen LogP contribution is -2.18. The molecule has 2 atom stereocenters. The molecule has 17 heavy (non-hydrogen) atoms. The third-order valence-corrected chi connectivity index (χ3v) is 3.10. The number of rotatable bonds is 4. The van der Waals surface area contributed by atoms with Crippen LogP contribution >= 0.6 is 0 Å². The normalized spacial score (nSPS) is 15.9. The van der Waals surface area contributed by atoms with Gasteiger partial charge in [0, 0.05) is 11.6 Å². The highest BCUT2D eigenvalue weighted by molar-refractivity contribution is 5.23. The molecule has 0 bridgehead atoms. The minimum absolute atomic E-state index is 0.102. The fourth-order valence-corrected chi connectivity index (χ4v) is 2.71. The van der Waals surface area contributed by atoms with Crippen LogP contribution in [0.1, 0.15) is 63.7 Å². The van der Waals surface area contributed by atoms with Crippen LogP contribution in [0.2, 0.25) is 0 Å². The van der Waals surface area contributed by atoms with E-state index in [1.807, 2.05) is 13.8 Å². The summed E-state index contributed by atoms with van der Waals surface area (Å²) in [6, 6.07) is 2.17. The van der Waals surface area contributed by atoms with E-state index >= 15 is 0 Å². The third kappa shape index (κ3) is 4.55. The molecule has 1 heterocycles. The fourth-order valence-electron chi connectivity index (χ4n) is 2.71. The lowest BCUT2D eigenvalue weighted by atomic mass is 9.82. The molecule has 1 aromatic rings. The Hall–Kier alpha value is -0.760. The number of hydrogen-bond donors (Lipinski definition) is 1. The average molecular weight is 237 g/mol. The van der Waals surface area contributed by atoms with Gasteiger partial charge in [-0.2, -0.15) is 0 Å². The van der Waals surface area contributed by atoms with Crippen LogP contribution in [0, 0.1) is 25.2 Å². The maximum atomic E-state index is 6.27. The van der Waals surface area contributed by atoms with Crippen molar-refractivity contribution in [3.8, 4) is 0 Å². The van der Waals surface area contributed by atoms with Gasteiger partial charge in [-0.05, 0) is 44.1 Å². The van der Waals surface area contributed by atoms with Gasteiger partial charge in [0.2, 0.25) is 0 Å². The first kappa shape index (κ1) is 14.3. The molecule has 1 rings (SSSR count). The molecule has 1 aromatic heterocycles. The van der Waals surface area contributed by atoms with Gasteiger partial charge in [-0.3, -0.25) is 0 Å². The zero-order chi connectivity index (χ0) is 13.2. The third-order valence-electron chi connectivity index (χ3n) is 3.10. The van der Waals surface area contributed by atoms with Gasteiger partial charge in [-0.25, -0.2) is 0 Å². The van der Waals surface area contributed by atoms with E-state index in [0.717, 1.165) is 17.9 Å². The molecular weight excluding hydrogens is 210 g/mol. The molecule has 98 valence electrons. The van der Waals surface area contributed by atoms with E-state index in [0.29, 0.717) is 11.3 Å². The number of nitrogens with two attached hydrogens (primary N) is 1. The van der Waals surface area contributed by atoms with Crippen molar-refractivity contribution in [1.29, 1.82) is 0 Å². The maximum Gasteiger partial charge on any atom is 0.105 e. The van der Waals surface area contributed by atoms with Gasteiger partial charge < -0.3 is 10.2 Å². The Morgan fingerprint density at radius 1 is 1.29 bits per heavy atom. The van der Waals surface area contributed by atoms with Crippen LogP contribution < -0.4 is 5.73 Å². The largest absolute Gasteiger partial charge is 0.466 e. The summed E-state index contributed by atoms with van der Waals surface area (Å²) >= 11 is 0. The van der Waals surface area contributed by atoms with E-state index in [2.05, 4.69) is 33.8 Å². The molecule has 0 aliphatic heterocycles. The molecule has 0 saturated heterocycles. The Morgan fingerprint density at radius 3 is 2.29 bits per heavy atom. The second-order valence-electron chi connectivity index (χ2n) is 6.58. The second-order valence-corrected chi connectivity index (χ2v) is 6.58. The highest BCUT2D eigenvalue weighted by Gasteiger charge is 2.20. The van der Waals surface area contributed by atoms with Gasteiger partial charge in [-0.1, -0.05) is 27.7 Å². The van der Waals surface area contributed by atoms with E-state index in [1.165, 1.54) is 12.0 Å². The fraction of sp³-hybridized carbons (Fsp3) is 0.733. The molecule has 2 heteroatoms. The average Bonchev–Trinajstić information content (AvgIpc) is 2.41. The van der Waals surface area contributed by atoms with E-state index in [1.54, 1.807) is 0 Å². The number of furan rings is 1. The summed E-state index contributed by atoms with van der Waals surface area (Å²) in [5.41, 5.74) is 7.81. The van der Waals surface area contributed by atoms with Gasteiger partial charge in [-0.15, -0.1) is 0 Å². The first-order chi connectivity index (χ1) is 7.69. The van der Waals surface area contributed by atoms with Crippen LogP contribution in [0.4, 0.5) is 0 Å². The quantitative estimate of drug-likeness (QED) is 0.845. The summed E-state index contributed by atoms with van der Waals surface area (Å²) in [6.45, 7) is 13.1. The summed E-state index contributed by atoms with van der Waals surface area (Å²) in [7, 11) is 0. The van der Waals surface area contributed by atoms with E-state index in [4.69, 9.17) is 10.2 Å². The molecule has 0 aliphatic rings. The van der Waals surface area contributed by atoms with E-state index < -0.39 is 0 Å². The minimum atomic E-state index is 0.102. The second kappa shape index (κ2) is 5.26. The van der Waals surface area contributed by atoms with Crippen LogP contribution in [-0.2, 0) is 0 Å². The monoisotopic (exact) mass is 237 g/mol. The number of aryl methyl sites for hydroxylation is 2. The van der Waals surface area contributed by atoms with Gasteiger partial charge in [0.1, 0.15) is 11.5 Å². The smallest absolute Gasteiger partial charge is 0.105 e. The molecule has 0 fully saturated rings. The summed E-state index contributed by atoms with van der Waals surface area (Å²) in [5.74, 6) is 2.56. The van der Waals surface area contributed by atoms with Crippen molar-refractivity contribution >= 4 is 0 Å². The van der Waals surface area contributed by atoms with Crippen LogP contribution in [0.15, 0.2) is 10.5 Å². The first-order valence-corrected chi connectivity index (χ1v) is 6.51. The van der Waals surface area contributed by atoms with E-state index in [-0.39, 0.29) is 6.04 Å². The highest BCUT2D eigenvalue weighted by Crippen LogP contribution is 2.31. The lowest BCUT2D eigenvalue weighted by molar-refractivity contribution is 0.286. The Kier molecular flexibility index (Phi) is 4.42. The molecule has 0 amide bonds. The first-order valence-electron chi connectivity index (χ1n) is 6.51. The molecule has 0 spiro atoms. The maximum absolute atomic E-state index is 6.27. The van der Waals surface area contributed by atoms with Crippen molar-refractivity contribution < 1.29 is 4.42 Å². The summed E-state index contributed by atoms with van der Waals surface area (Å²) in [6.07, 6.45) is 2.23. The topological polar surface area (TPSA) is 39.2 Å². The zero-order valence-electron chi connectivity index (χ0n) is 12.1. The Balaban J connectivity index is 2.60. The van der Waals surface area contributed by atoms with Crippen LogP contribution in [-0.4, -0.2) is 0 Å². The zero-order valence-corrected chi connectivity index (χ0v) is 12.1. The Bertz CT molecular complexity index is 359. The van der Waals surface area contributed by atoms with Gasteiger partial charge in [0.15, 0.2) is 0 Å². The van der Waals surface area contributed by atoms with Crippen molar-refractivity contribution in [3.05, 3.63) is 23.2 Å². The predicted octanol–water partition coefficient (Wildman–Crippen LogP) is 4.36. The van der Waals surface area contributed by atoms with Gasteiger partial charge in [0.05, 0.1) is 0 Å². The Morgan fingerprint density at radius 2 is 1.88 bits per heavy atom. The highest BCUT2D eigenvalue weighted by atomic mass is 16.3. The SMILES string of the molecule is Cc1cc(C(N)CC(C)CC(C)(C)C)c(C)o1. The predicted molar refractivity (Wildman–Crippen MR) is 73.0 cm³/mol. The lowest BCUT2D eigenvalue weighted by Gasteiger charge is -2.25. The molecule has 0 saturated carbocycles. The van der Waals surface area contributed by atoms with Crippen LogP contribution in [0.25, 0.3) is 0 Å². The molecule has 2 nitrogen and oxygen atoms in total. The van der Waals surface area contributed by atoms with Crippen LogP contribution in [0.3, 0.4) is 0 Å². The molecule has 2 unspecified atom stereocenters. The molecule has 0 aliphatic carbocycles. The molecule has 0 radical (unpaired) electrons. The molecule has 0 aromatic carbocycles. The standard InChI is InChI=1S/C15H27NO/c1-10(9-15(4,5)6)7-14(16)13-8-11(2)17-12(13)3/h8,10,14H,7,9,16H2,1-6H3. The van der Waals surface area contributed by atoms with Gasteiger partial charge in [0.25, 0.3) is 0 Å². The van der Waals surface area contributed by atoms with Crippen molar-refractivity contribution in [2.45, 2.75) is 60.4 Å². The van der Waals surface area contributed by atoms with Crippen molar-refractivity contribution in [2.24, 2.45) is 17.1 Å². The minimum Gasteiger partial charge on any atom is -0.466 e. The Labute approximate surface area is 106 Å².